The Balaban J connectivity index is 2.11. The highest BCUT2D eigenvalue weighted by atomic mass is 32.2. The van der Waals surface area contributed by atoms with Crippen molar-refractivity contribution in [2.24, 2.45) is 0 Å². The van der Waals surface area contributed by atoms with Gasteiger partial charge in [-0.25, -0.2) is 8.42 Å². The van der Waals surface area contributed by atoms with E-state index in [-0.39, 0.29) is 24.1 Å². The first-order valence-electron chi connectivity index (χ1n) is 5.50. The summed E-state index contributed by atoms with van der Waals surface area (Å²) in [6, 6.07) is -0.146. The van der Waals surface area contributed by atoms with Crippen LogP contribution < -0.4 is 10.6 Å². The molecular formula is C9H17F3N2O2S. The van der Waals surface area contributed by atoms with Crippen molar-refractivity contribution in [3.63, 3.8) is 0 Å². The molecule has 1 atom stereocenters. The molecule has 0 radical (unpaired) electrons. The van der Waals surface area contributed by atoms with Crippen LogP contribution in [0.1, 0.15) is 12.8 Å². The van der Waals surface area contributed by atoms with Crippen LogP contribution in [-0.2, 0) is 9.84 Å². The Hall–Kier alpha value is -0.340. The average Bonchev–Trinajstić information content (AvgIpc) is 2.13. The summed E-state index contributed by atoms with van der Waals surface area (Å²) < 4.78 is 58.0. The van der Waals surface area contributed by atoms with E-state index in [2.05, 4.69) is 10.6 Å². The summed E-state index contributed by atoms with van der Waals surface area (Å²) in [5, 5.41) is 5.70. The maximum Gasteiger partial charge on any atom is 0.390 e. The first kappa shape index (κ1) is 14.7. The third-order valence-electron chi connectivity index (χ3n) is 2.56. The number of rotatable bonds is 5. The smallest absolute Gasteiger partial charge is 0.316 e. The third-order valence-corrected chi connectivity index (χ3v) is 4.29. The van der Waals surface area contributed by atoms with Crippen LogP contribution in [0.2, 0.25) is 0 Å². The molecule has 0 spiro atoms. The minimum absolute atomic E-state index is 0.0773. The van der Waals surface area contributed by atoms with E-state index in [1.54, 1.807) is 0 Å². The molecule has 8 heteroatoms. The van der Waals surface area contributed by atoms with Crippen molar-refractivity contribution in [2.75, 3.05) is 31.1 Å². The van der Waals surface area contributed by atoms with Crippen molar-refractivity contribution >= 4 is 9.84 Å². The van der Waals surface area contributed by atoms with Crippen molar-refractivity contribution in [3.05, 3.63) is 0 Å². The lowest BCUT2D eigenvalue weighted by Gasteiger charge is -2.23. The number of alkyl halides is 3. The second-order valence-electron chi connectivity index (χ2n) is 4.17. The van der Waals surface area contributed by atoms with Crippen LogP contribution in [-0.4, -0.2) is 51.8 Å². The Bertz CT molecular complexity index is 330. The molecule has 1 heterocycles. The van der Waals surface area contributed by atoms with Gasteiger partial charge in [-0.15, -0.1) is 0 Å². The molecule has 17 heavy (non-hydrogen) atoms. The van der Waals surface area contributed by atoms with Crippen molar-refractivity contribution in [2.45, 2.75) is 25.1 Å². The van der Waals surface area contributed by atoms with Crippen molar-refractivity contribution in [1.29, 1.82) is 0 Å². The van der Waals surface area contributed by atoms with Gasteiger partial charge in [-0.3, -0.25) is 0 Å². The van der Waals surface area contributed by atoms with Crippen LogP contribution in [0.4, 0.5) is 13.2 Å². The largest absolute Gasteiger partial charge is 0.390 e. The highest BCUT2D eigenvalue weighted by Gasteiger charge is 2.26. The zero-order chi connectivity index (χ0) is 12.9. The monoisotopic (exact) mass is 274 g/mol. The Morgan fingerprint density at radius 2 is 2.00 bits per heavy atom. The van der Waals surface area contributed by atoms with Gasteiger partial charge in [0.1, 0.15) is 0 Å². The van der Waals surface area contributed by atoms with Gasteiger partial charge < -0.3 is 10.6 Å². The Kier molecular flexibility index (Phi) is 5.21. The molecule has 0 aromatic heterocycles. The Morgan fingerprint density at radius 1 is 1.29 bits per heavy atom. The van der Waals surface area contributed by atoms with E-state index in [4.69, 9.17) is 0 Å². The molecule has 102 valence electrons. The molecular weight excluding hydrogens is 257 g/mol. The van der Waals surface area contributed by atoms with Gasteiger partial charge in [0.15, 0.2) is 9.84 Å². The molecule has 2 N–H and O–H groups in total. The standard InChI is InChI=1S/C9H17F3N2O2S/c10-9(11,12)2-4-13-3-1-8-7-17(15,16)6-5-14-8/h8,13-14H,1-7H2. The second-order valence-corrected chi connectivity index (χ2v) is 6.40. The summed E-state index contributed by atoms with van der Waals surface area (Å²) >= 11 is 0. The number of nitrogens with one attached hydrogen (secondary N) is 2. The van der Waals surface area contributed by atoms with Gasteiger partial charge in [0.05, 0.1) is 17.9 Å². The van der Waals surface area contributed by atoms with Crippen LogP contribution >= 0.6 is 0 Å². The van der Waals surface area contributed by atoms with Crippen LogP contribution in [0.25, 0.3) is 0 Å². The first-order valence-corrected chi connectivity index (χ1v) is 7.32. The second kappa shape index (κ2) is 6.01. The fraction of sp³-hybridized carbons (Fsp3) is 1.00. The highest BCUT2D eigenvalue weighted by Crippen LogP contribution is 2.18. The van der Waals surface area contributed by atoms with Crippen molar-refractivity contribution in [1.82, 2.24) is 10.6 Å². The number of hydrogen-bond donors (Lipinski definition) is 2. The molecule has 1 aliphatic rings. The van der Waals surface area contributed by atoms with E-state index >= 15 is 0 Å². The van der Waals surface area contributed by atoms with E-state index in [9.17, 15) is 21.6 Å². The van der Waals surface area contributed by atoms with E-state index in [1.165, 1.54) is 0 Å². The van der Waals surface area contributed by atoms with Crippen LogP contribution in [0, 0.1) is 0 Å². The number of sulfone groups is 1. The lowest BCUT2D eigenvalue weighted by atomic mass is 10.2. The van der Waals surface area contributed by atoms with Gasteiger partial charge in [0, 0.05) is 19.1 Å². The molecule has 1 unspecified atom stereocenters. The van der Waals surface area contributed by atoms with Crippen LogP contribution in [0.15, 0.2) is 0 Å². The molecule has 0 aromatic carbocycles. The minimum atomic E-state index is -4.14. The van der Waals surface area contributed by atoms with Crippen molar-refractivity contribution in [3.8, 4) is 0 Å². The highest BCUT2D eigenvalue weighted by molar-refractivity contribution is 7.91. The quantitative estimate of drug-likeness (QED) is 0.708. The molecule has 0 aliphatic carbocycles. The molecule has 4 nitrogen and oxygen atoms in total. The van der Waals surface area contributed by atoms with Gasteiger partial charge >= 0.3 is 6.18 Å². The summed E-state index contributed by atoms with van der Waals surface area (Å²) in [7, 11) is -2.97. The van der Waals surface area contributed by atoms with E-state index in [0.717, 1.165) is 0 Å². The van der Waals surface area contributed by atoms with Gasteiger partial charge in [0.25, 0.3) is 0 Å². The van der Waals surface area contributed by atoms with Gasteiger partial charge in [0.2, 0.25) is 0 Å². The maximum absolute atomic E-state index is 11.8. The predicted molar refractivity (Wildman–Crippen MR) is 58.6 cm³/mol. The van der Waals surface area contributed by atoms with Crippen molar-refractivity contribution < 1.29 is 21.6 Å². The summed E-state index contributed by atoms with van der Waals surface area (Å²) in [5.41, 5.74) is 0. The number of hydrogen-bond acceptors (Lipinski definition) is 4. The maximum atomic E-state index is 11.8. The summed E-state index contributed by atoms with van der Waals surface area (Å²) in [6.07, 6.45) is -4.47. The molecule has 0 saturated carbocycles. The molecule has 0 bridgehead atoms. The fourth-order valence-corrected chi connectivity index (χ4v) is 3.18. The molecule has 1 fully saturated rings. The first-order chi connectivity index (χ1) is 7.79. The van der Waals surface area contributed by atoms with Gasteiger partial charge in [-0.2, -0.15) is 13.2 Å². The molecule has 1 saturated heterocycles. The molecule has 1 aliphatic heterocycles. The van der Waals surface area contributed by atoms with Gasteiger partial charge in [-0.1, -0.05) is 0 Å². The van der Waals surface area contributed by atoms with Crippen LogP contribution in [0.3, 0.4) is 0 Å². The van der Waals surface area contributed by atoms with E-state index in [1.807, 2.05) is 0 Å². The zero-order valence-electron chi connectivity index (χ0n) is 9.39. The molecule has 1 rings (SSSR count). The lowest BCUT2D eigenvalue weighted by molar-refractivity contribution is -0.133. The summed E-state index contributed by atoms with van der Waals surface area (Å²) in [6.45, 7) is 0.696. The molecule has 0 amide bonds. The van der Waals surface area contributed by atoms with E-state index in [0.29, 0.717) is 19.5 Å². The summed E-state index contributed by atoms with van der Waals surface area (Å²) in [4.78, 5) is 0. The topological polar surface area (TPSA) is 58.2 Å². The zero-order valence-corrected chi connectivity index (χ0v) is 10.2. The van der Waals surface area contributed by atoms with Crippen LogP contribution in [0.5, 0.6) is 0 Å². The van der Waals surface area contributed by atoms with Gasteiger partial charge in [-0.05, 0) is 13.0 Å². The Labute approximate surface area is 98.9 Å². The van der Waals surface area contributed by atoms with E-state index < -0.39 is 22.4 Å². The number of halogens is 3. The fourth-order valence-electron chi connectivity index (χ4n) is 1.68. The molecule has 0 aromatic rings. The predicted octanol–water partition coefficient (Wildman–Crippen LogP) is 0.305. The lowest BCUT2D eigenvalue weighted by Crippen LogP contribution is -2.46. The minimum Gasteiger partial charge on any atom is -0.316 e. The summed E-state index contributed by atoms with van der Waals surface area (Å²) in [5.74, 6) is 0.221. The third kappa shape index (κ3) is 6.85. The SMILES string of the molecule is O=S1(=O)CCNC(CCNCCC(F)(F)F)C1. The Morgan fingerprint density at radius 3 is 2.59 bits per heavy atom. The average molecular weight is 274 g/mol. The normalized spacial score (nSPS) is 24.8.